The lowest BCUT2D eigenvalue weighted by Gasteiger charge is -2.21. The van der Waals surface area contributed by atoms with E-state index in [0.29, 0.717) is 5.02 Å². The topological polar surface area (TPSA) is 43.4 Å². The first-order chi connectivity index (χ1) is 8.70. The molecule has 104 valence electrons. The maximum Gasteiger partial charge on any atom is 0.316 e. The second-order valence-electron chi connectivity index (χ2n) is 5.49. The summed E-state index contributed by atoms with van der Waals surface area (Å²) in [6.45, 7) is 6.88. The quantitative estimate of drug-likeness (QED) is 0.628. The van der Waals surface area contributed by atoms with Crippen LogP contribution in [-0.4, -0.2) is 17.4 Å². The first-order valence-electron chi connectivity index (χ1n) is 6.19. The summed E-state index contributed by atoms with van der Waals surface area (Å²) in [6, 6.07) is 7.12. The summed E-state index contributed by atoms with van der Waals surface area (Å²) in [4.78, 5) is 23.8. The molecule has 0 radical (unpaired) electrons. The van der Waals surface area contributed by atoms with Crippen LogP contribution >= 0.6 is 11.6 Å². The number of Topliss-reactive ketones (excluding diaryl/α,β-unsaturated/α-hetero) is 1. The van der Waals surface area contributed by atoms with Crippen molar-refractivity contribution in [2.24, 2.45) is 5.92 Å². The van der Waals surface area contributed by atoms with Gasteiger partial charge in [-0.05, 0) is 39.3 Å². The predicted molar refractivity (Wildman–Crippen MR) is 75.2 cm³/mol. The van der Waals surface area contributed by atoms with Crippen molar-refractivity contribution in [1.82, 2.24) is 0 Å². The number of ether oxygens (including phenoxy) is 1. The molecule has 0 aliphatic heterocycles. The Morgan fingerprint density at radius 3 is 2.37 bits per heavy atom. The van der Waals surface area contributed by atoms with Crippen molar-refractivity contribution in [2.45, 2.75) is 39.7 Å². The number of benzene rings is 1. The minimum absolute atomic E-state index is 0.139. The van der Waals surface area contributed by atoms with Crippen molar-refractivity contribution in [2.75, 3.05) is 0 Å². The van der Waals surface area contributed by atoms with Gasteiger partial charge in [-0.15, -0.1) is 0 Å². The highest BCUT2D eigenvalue weighted by Gasteiger charge is 2.27. The van der Waals surface area contributed by atoms with E-state index in [1.807, 2.05) is 6.07 Å². The monoisotopic (exact) mass is 282 g/mol. The Kier molecular flexibility index (Phi) is 5.12. The molecule has 1 aromatic carbocycles. The summed E-state index contributed by atoms with van der Waals surface area (Å²) in [5.74, 6) is -1.47. The Morgan fingerprint density at radius 1 is 1.26 bits per heavy atom. The molecule has 0 N–H and O–H groups in total. The van der Waals surface area contributed by atoms with Gasteiger partial charge in [-0.2, -0.15) is 0 Å². The van der Waals surface area contributed by atoms with Crippen LogP contribution in [0, 0.1) is 5.92 Å². The highest BCUT2D eigenvalue weighted by Crippen LogP contribution is 2.18. The van der Waals surface area contributed by atoms with Crippen LogP contribution in [-0.2, 0) is 20.7 Å². The van der Waals surface area contributed by atoms with Gasteiger partial charge in [0.25, 0.3) is 0 Å². The smallest absolute Gasteiger partial charge is 0.316 e. The van der Waals surface area contributed by atoms with E-state index in [1.165, 1.54) is 0 Å². The SMILES string of the molecule is CC(C(=O)Cc1ccccc1Cl)C(=O)OC(C)(C)C. The molecule has 0 heterocycles. The van der Waals surface area contributed by atoms with E-state index in [4.69, 9.17) is 16.3 Å². The number of carbonyl (C=O) groups excluding carboxylic acids is 2. The van der Waals surface area contributed by atoms with Gasteiger partial charge < -0.3 is 4.74 Å². The Labute approximate surface area is 118 Å². The summed E-state index contributed by atoms with van der Waals surface area (Å²) < 4.78 is 5.20. The summed E-state index contributed by atoms with van der Waals surface area (Å²) in [5, 5.41) is 0.534. The van der Waals surface area contributed by atoms with Gasteiger partial charge in [0.05, 0.1) is 0 Å². The predicted octanol–water partition coefficient (Wildman–Crippen LogP) is 3.43. The summed E-state index contributed by atoms with van der Waals surface area (Å²) in [6.07, 6.45) is 0.139. The minimum Gasteiger partial charge on any atom is -0.459 e. The van der Waals surface area contributed by atoms with Crippen molar-refractivity contribution in [3.63, 3.8) is 0 Å². The number of hydrogen-bond acceptors (Lipinski definition) is 3. The lowest BCUT2D eigenvalue weighted by molar-refractivity contribution is -0.161. The average Bonchev–Trinajstić information content (AvgIpc) is 2.28. The van der Waals surface area contributed by atoms with Crippen LogP contribution in [0.3, 0.4) is 0 Å². The van der Waals surface area contributed by atoms with E-state index in [9.17, 15) is 9.59 Å². The van der Waals surface area contributed by atoms with Crippen LogP contribution in [0.4, 0.5) is 0 Å². The third kappa shape index (κ3) is 5.03. The van der Waals surface area contributed by atoms with E-state index in [0.717, 1.165) is 5.56 Å². The maximum atomic E-state index is 12.0. The average molecular weight is 283 g/mol. The van der Waals surface area contributed by atoms with Crippen LogP contribution in [0.1, 0.15) is 33.3 Å². The molecule has 1 atom stereocenters. The molecule has 0 saturated carbocycles. The van der Waals surface area contributed by atoms with Crippen molar-refractivity contribution in [3.05, 3.63) is 34.9 Å². The Bertz CT molecular complexity index is 475. The Balaban J connectivity index is 2.68. The number of carbonyl (C=O) groups is 2. The van der Waals surface area contributed by atoms with Crippen LogP contribution < -0.4 is 0 Å². The fraction of sp³-hybridized carbons (Fsp3) is 0.467. The second-order valence-corrected chi connectivity index (χ2v) is 5.90. The zero-order chi connectivity index (χ0) is 14.6. The summed E-state index contributed by atoms with van der Waals surface area (Å²) in [5.41, 5.74) is 0.139. The fourth-order valence-electron chi connectivity index (χ4n) is 1.50. The van der Waals surface area contributed by atoms with Gasteiger partial charge >= 0.3 is 5.97 Å². The molecule has 0 spiro atoms. The molecule has 0 bridgehead atoms. The number of ketones is 1. The van der Waals surface area contributed by atoms with Crippen LogP contribution in [0.15, 0.2) is 24.3 Å². The van der Waals surface area contributed by atoms with Gasteiger partial charge in [0.15, 0.2) is 5.78 Å². The molecule has 1 rings (SSSR count). The maximum absolute atomic E-state index is 12.0. The first kappa shape index (κ1) is 15.7. The van der Waals surface area contributed by atoms with Crippen LogP contribution in [0.2, 0.25) is 5.02 Å². The molecule has 19 heavy (non-hydrogen) atoms. The highest BCUT2D eigenvalue weighted by molar-refractivity contribution is 6.31. The van der Waals surface area contributed by atoms with Crippen LogP contribution in [0.25, 0.3) is 0 Å². The Hall–Kier alpha value is -1.35. The molecule has 1 unspecified atom stereocenters. The molecule has 0 saturated heterocycles. The molecular weight excluding hydrogens is 264 g/mol. The molecule has 0 aliphatic rings. The first-order valence-corrected chi connectivity index (χ1v) is 6.57. The largest absolute Gasteiger partial charge is 0.459 e. The zero-order valence-electron chi connectivity index (χ0n) is 11.7. The molecule has 0 fully saturated rings. The van der Waals surface area contributed by atoms with E-state index in [-0.39, 0.29) is 12.2 Å². The molecule has 3 nitrogen and oxygen atoms in total. The molecule has 0 aromatic heterocycles. The van der Waals surface area contributed by atoms with Crippen molar-refractivity contribution in [3.8, 4) is 0 Å². The van der Waals surface area contributed by atoms with E-state index in [1.54, 1.807) is 45.9 Å². The molecular formula is C15H19ClO3. The van der Waals surface area contributed by atoms with Gasteiger partial charge in [0, 0.05) is 11.4 Å². The van der Waals surface area contributed by atoms with Gasteiger partial charge in [-0.3, -0.25) is 9.59 Å². The summed E-state index contributed by atoms with van der Waals surface area (Å²) >= 11 is 5.99. The summed E-state index contributed by atoms with van der Waals surface area (Å²) in [7, 11) is 0. The molecule has 4 heteroatoms. The zero-order valence-corrected chi connectivity index (χ0v) is 12.5. The van der Waals surface area contributed by atoms with Gasteiger partial charge in [-0.25, -0.2) is 0 Å². The number of esters is 1. The lowest BCUT2D eigenvalue weighted by atomic mass is 9.99. The highest BCUT2D eigenvalue weighted by atomic mass is 35.5. The van der Waals surface area contributed by atoms with E-state index >= 15 is 0 Å². The van der Waals surface area contributed by atoms with E-state index in [2.05, 4.69) is 0 Å². The number of hydrogen-bond donors (Lipinski definition) is 0. The van der Waals surface area contributed by atoms with E-state index < -0.39 is 17.5 Å². The number of halogens is 1. The van der Waals surface area contributed by atoms with Crippen molar-refractivity contribution < 1.29 is 14.3 Å². The lowest BCUT2D eigenvalue weighted by Crippen LogP contribution is -2.31. The van der Waals surface area contributed by atoms with Gasteiger partial charge in [0.2, 0.25) is 0 Å². The Morgan fingerprint density at radius 2 is 1.84 bits per heavy atom. The minimum atomic E-state index is -0.782. The van der Waals surface area contributed by atoms with Crippen molar-refractivity contribution >= 4 is 23.4 Å². The molecule has 1 aromatic rings. The third-order valence-corrected chi connectivity index (χ3v) is 2.93. The fourth-order valence-corrected chi connectivity index (χ4v) is 1.71. The van der Waals surface area contributed by atoms with Crippen LogP contribution in [0.5, 0.6) is 0 Å². The van der Waals surface area contributed by atoms with Gasteiger partial charge in [-0.1, -0.05) is 29.8 Å². The second kappa shape index (κ2) is 6.20. The molecule has 0 aliphatic carbocycles. The third-order valence-electron chi connectivity index (χ3n) is 2.57. The molecule has 0 amide bonds. The standard InChI is InChI=1S/C15H19ClO3/c1-10(14(18)19-15(2,3)4)13(17)9-11-7-5-6-8-12(11)16/h5-8,10H,9H2,1-4H3. The normalized spacial score (nSPS) is 12.9. The number of rotatable bonds is 4. The van der Waals surface area contributed by atoms with Gasteiger partial charge in [0.1, 0.15) is 11.5 Å². The van der Waals surface area contributed by atoms with Crippen molar-refractivity contribution in [1.29, 1.82) is 0 Å².